The zero-order valence-electron chi connectivity index (χ0n) is 20.4. The zero-order chi connectivity index (χ0) is 25.6. The molecule has 182 valence electrons. The van der Waals surface area contributed by atoms with Crippen LogP contribution in [0.2, 0.25) is 0 Å². The van der Waals surface area contributed by atoms with Crippen molar-refractivity contribution in [3.8, 4) is 5.00 Å². The summed E-state index contributed by atoms with van der Waals surface area (Å²) in [7, 11) is 0. The van der Waals surface area contributed by atoms with Gasteiger partial charge in [0.15, 0.2) is 5.82 Å². The lowest BCUT2D eigenvalue weighted by atomic mass is 9.97. The number of aromatic nitrogens is 3. The molecular weight excluding hydrogens is 475 g/mol. The Labute approximate surface area is 212 Å². The van der Waals surface area contributed by atoms with Gasteiger partial charge >= 0.3 is 5.97 Å². The van der Waals surface area contributed by atoms with Gasteiger partial charge in [-0.1, -0.05) is 48.6 Å². The summed E-state index contributed by atoms with van der Waals surface area (Å²) >= 11 is 1.64. The fourth-order valence-electron chi connectivity index (χ4n) is 4.34. The van der Waals surface area contributed by atoms with E-state index in [1.165, 1.54) is 12.1 Å². The van der Waals surface area contributed by atoms with Gasteiger partial charge in [0.25, 0.3) is 0 Å². The molecule has 0 amide bonds. The Balaban J connectivity index is 1.60. The standard InChI is InChI=1S/C28H25FN4O2S/c1-15-17(3)36-27-23(15)25(30-24(16(2)28(34)35)26-32-31-18(4)33(26)27)21-11-7-19(8-12-21)5-6-20-9-13-22(29)14-10-20/h5-14,16,24H,1-4H3,(H,34,35)/t16?,24-/m0/s1. The molecule has 2 aromatic carbocycles. The number of hydrogen-bond acceptors (Lipinski definition) is 5. The summed E-state index contributed by atoms with van der Waals surface area (Å²) in [6, 6.07) is 13.6. The molecule has 3 heterocycles. The molecule has 6 nitrogen and oxygen atoms in total. The van der Waals surface area contributed by atoms with Crippen molar-refractivity contribution in [3.05, 3.63) is 98.7 Å². The number of carboxylic acid groups (broad SMARTS) is 1. The van der Waals surface area contributed by atoms with Crippen LogP contribution in [0.4, 0.5) is 4.39 Å². The SMILES string of the molecule is Cc1sc2c(c1C)C(c1ccc(C=Cc3ccc(F)cc3)cc1)=N[C@@H](C(C)C(=O)O)c1nnc(C)n1-2. The summed E-state index contributed by atoms with van der Waals surface area (Å²) in [5.41, 5.74) is 5.64. The third kappa shape index (κ3) is 4.18. The highest BCUT2D eigenvalue weighted by molar-refractivity contribution is 7.15. The van der Waals surface area contributed by atoms with Crippen molar-refractivity contribution >= 4 is 35.2 Å². The summed E-state index contributed by atoms with van der Waals surface area (Å²) in [5, 5.41) is 19.4. The molecule has 4 aromatic rings. The Bertz CT molecular complexity index is 1510. The zero-order valence-corrected chi connectivity index (χ0v) is 21.2. The Morgan fingerprint density at radius 2 is 1.64 bits per heavy atom. The first-order valence-electron chi connectivity index (χ1n) is 11.6. The van der Waals surface area contributed by atoms with Gasteiger partial charge in [-0.25, -0.2) is 4.39 Å². The second-order valence-corrected chi connectivity index (χ2v) is 10.2. The van der Waals surface area contributed by atoms with E-state index in [0.29, 0.717) is 11.6 Å². The summed E-state index contributed by atoms with van der Waals surface area (Å²) in [4.78, 5) is 18.2. The van der Waals surface area contributed by atoms with Gasteiger partial charge in [-0.15, -0.1) is 21.5 Å². The molecule has 0 saturated heterocycles. The molecule has 0 fully saturated rings. The third-order valence-electron chi connectivity index (χ3n) is 6.57. The van der Waals surface area contributed by atoms with Crippen molar-refractivity contribution in [1.29, 1.82) is 0 Å². The molecule has 0 spiro atoms. The van der Waals surface area contributed by atoms with E-state index in [0.717, 1.165) is 43.4 Å². The van der Waals surface area contributed by atoms with E-state index in [1.807, 2.05) is 47.9 Å². The fourth-order valence-corrected chi connectivity index (χ4v) is 5.55. The number of fused-ring (bicyclic) bond motifs is 3. The monoisotopic (exact) mass is 500 g/mol. The molecule has 0 bridgehead atoms. The quantitative estimate of drug-likeness (QED) is 0.332. The summed E-state index contributed by atoms with van der Waals surface area (Å²) in [6.07, 6.45) is 3.90. The second-order valence-electron chi connectivity index (χ2n) is 8.96. The average molecular weight is 501 g/mol. The number of halogens is 1. The van der Waals surface area contributed by atoms with Crippen molar-refractivity contribution in [2.24, 2.45) is 10.9 Å². The van der Waals surface area contributed by atoms with Crippen molar-refractivity contribution in [2.75, 3.05) is 0 Å². The van der Waals surface area contributed by atoms with Gasteiger partial charge < -0.3 is 5.11 Å². The van der Waals surface area contributed by atoms with Crippen molar-refractivity contribution in [1.82, 2.24) is 14.8 Å². The van der Waals surface area contributed by atoms with Gasteiger partial charge in [-0.3, -0.25) is 14.4 Å². The van der Waals surface area contributed by atoms with E-state index in [2.05, 4.69) is 24.0 Å². The fraction of sp³-hybridized carbons (Fsp3) is 0.214. The molecule has 8 heteroatoms. The number of benzene rings is 2. The Morgan fingerprint density at radius 3 is 2.25 bits per heavy atom. The van der Waals surface area contributed by atoms with E-state index < -0.39 is 17.9 Å². The predicted molar refractivity (Wildman–Crippen MR) is 140 cm³/mol. The minimum absolute atomic E-state index is 0.262. The van der Waals surface area contributed by atoms with Gasteiger partial charge in [0, 0.05) is 16.0 Å². The lowest BCUT2D eigenvalue weighted by molar-refractivity contribution is -0.141. The van der Waals surface area contributed by atoms with E-state index in [9.17, 15) is 14.3 Å². The molecule has 0 aliphatic carbocycles. The molecule has 5 rings (SSSR count). The highest BCUT2D eigenvalue weighted by atomic mass is 32.1. The number of thiophene rings is 1. The van der Waals surface area contributed by atoms with Crippen LogP contribution < -0.4 is 0 Å². The minimum atomic E-state index is -0.935. The Kier molecular flexibility index (Phi) is 6.14. The van der Waals surface area contributed by atoms with Crippen molar-refractivity contribution in [2.45, 2.75) is 33.7 Å². The van der Waals surface area contributed by atoms with E-state index in [1.54, 1.807) is 30.4 Å². The maximum Gasteiger partial charge on any atom is 0.308 e. The van der Waals surface area contributed by atoms with Crippen LogP contribution in [0, 0.1) is 32.5 Å². The molecule has 1 N–H and O–H groups in total. The van der Waals surface area contributed by atoms with Crippen LogP contribution >= 0.6 is 11.3 Å². The first-order chi connectivity index (χ1) is 17.2. The number of aryl methyl sites for hydroxylation is 2. The van der Waals surface area contributed by atoms with Crippen LogP contribution in [0.1, 0.15) is 57.3 Å². The molecular formula is C28H25FN4O2S. The number of nitrogens with zero attached hydrogens (tertiary/aromatic N) is 4. The van der Waals surface area contributed by atoms with Crippen LogP contribution in [0.15, 0.2) is 53.5 Å². The maximum atomic E-state index is 13.2. The highest BCUT2D eigenvalue weighted by Crippen LogP contribution is 2.40. The first kappa shape index (κ1) is 23.8. The lowest BCUT2D eigenvalue weighted by Gasteiger charge is -2.16. The number of aliphatic carboxylic acids is 1. The summed E-state index contributed by atoms with van der Waals surface area (Å²) in [5.74, 6) is -0.737. The first-order valence-corrected chi connectivity index (χ1v) is 12.4. The Hall–Kier alpha value is -3.91. The molecule has 0 radical (unpaired) electrons. The van der Waals surface area contributed by atoms with E-state index >= 15 is 0 Å². The second kappa shape index (κ2) is 9.28. The molecule has 2 aromatic heterocycles. The minimum Gasteiger partial charge on any atom is -0.481 e. The molecule has 2 atom stereocenters. The van der Waals surface area contributed by atoms with Crippen LogP contribution in [0.5, 0.6) is 0 Å². The molecule has 1 aliphatic heterocycles. The molecule has 1 aliphatic rings. The molecule has 0 saturated carbocycles. The number of carboxylic acids is 1. The summed E-state index contributed by atoms with van der Waals surface area (Å²) in [6.45, 7) is 7.68. The van der Waals surface area contributed by atoms with Crippen LogP contribution in [0.3, 0.4) is 0 Å². The van der Waals surface area contributed by atoms with Crippen molar-refractivity contribution in [3.63, 3.8) is 0 Å². The van der Waals surface area contributed by atoms with E-state index in [-0.39, 0.29) is 5.82 Å². The number of carbonyl (C=O) groups is 1. The van der Waals surface area contributed by atoms with Crippen LogP contribution in [-0.4, -0.2) is 31.6 Å². The van der Waals surface area contributed by atoms with E-state index in [4.69, 9.17) is 4.99 Å². The normalized spacial score (nSPS) is 15.8. The predicted octanol–water partition coefficient (Wildman–Crippen LogP) is 6.18. The number of aliphatic imine (C=N–C) groups is 1. The lowest BCUT2D eigenvalue weighted by Crippen LogP contribution is -2.21. The van der Waals surface area contributed by atoms with Crippen LogP contribution in [0.25, 0.3) is 17.2 Å². The molecule has 36 heavy (non-hydrogen) atoms. The average Bonchev–Trinajstić information content (AvgIpc) is 3.33. The highest BCUT2D eigenvalue weighted by Gasteiger charge is 2.36. The van der Waals surface area contributed by atoms with Gasteiger partial charge in [-0.05, 0) is 56.5 Å². The topological polar surface area (TPSA) is 80.4 Å². The Morgan fingerprint density at radius 1 is 1.03 bits per heavy atom. The largest absolute Gasteiger partial charge is 0.481 e. The number of rotatable bonds is 5. The third-order valence-corrected chi connectivity index (χ3v) is 7.77. The number of hydrogen-bond donors (Lipinski definition) is 1. The van der Waals surface area contributed by atoms with Crippen molar-refractivity contribution < 1.29 is 14.3 Å². The maximum absolute atomic E-state index is 13.2. The van der Waals surface area contributed by atoms with Gasteiger partial charge in [0.05, 0.1) is 11.6 Å². The van der Waals surface area contributed by atoms with Crippen LogP contribution in [-0.2, 0) is 4.79 Å². The smallest absolute Gasteiger partial charge is 0.308 e. The summed E-state index contributed by atoms with van der Waals surface area (Å²) < 4.78 is 15.1. The van der Waals surface area contributed by atoms with Gasteiger partial charge in [0.1, 0.15) is 22.7 Å². The molecule has 1 unspecified atom stereocenters. The van der Waals surface area contributed by atoms with Gasteiger partial charge in [0.2, 0.25) is 0 Å². The van der Waals surface area contributed by atoms with Gasteiger partial charge in [-0.2, -0.15) is 0 Å².